The van der Waals surface area contributed by atoms with Gasteiger partial charge in [-0.3, -0.25) is 14.2 Å². The number of carbonyl (C=O) groups excluding carboxylic acids is 1. The molecule has 9 nitrogen and oxygen atoms in total. The zero-order valence-corrected chi connectivity index (χ0v) is 17.3. The van der Waals surface area contributed by atoms with Crippen LogP contribution in [0.15, 0.2) is 23.4 Å². The Morgan fingerprint density at radius 1 is 1.32 bits per heavy atom. The molecular weight excluding hydrogens is 417 g/mol. The van der Waals surface area contributed by atoms with Crippen molar-refractivity contribution < 1.29 is 27.4 Å². The molecule has 0 unspecified atom stereocenters. The van der Waals surface area contributed by atoms with E-state index in [1.807, 2.05) is 17.9 Å². The predicted octanol–water partition coefficient (Wildman–Crippen LogP) is 2.40. The first-order chi connectivity index (χ1) is 14.7. The predicted molar refractivity (Wildman–Crippen MR) is 106 cm³/mol. The van der Waals surface area contributed by atoms with Gasteiger partial charge >= 0.3 is 6.36 Å². The van der Waals surface area contributed by atoms with Crippen molar-refractivity contribution in [1.82, 2.24) is 20.4 Å². The number of hydrogen-bond acceptors (Lipinski definition) is 7. The van der Waals surface area contributed by atoms with E-state index < -0.39 is 18.4 Å². The molecule has 12 heteroatoms. The molecular formula is C19H23F3N6O3. The van der Waals surface area contributed by atoms with Crippen LogP contribution in [0.5, 0.6) is 5.75 Å². The summed E-state index contributed by atoms with van der Waals surface area (Å²) < 4.78 is 48.4. The zero-order chi connectivity index (χ0) is 22.6. The Labute approximate surface area is 176 Å². The number of aromatic nitrogens is 3. The topological polar surface area (TPSA) is 93.9 Å². The molecule has 0 atom stereocenters. The molecule has 2 heterocycles. The number of carbonyl (C=O) groups is 1. The summed E-state index contributed by atoms with van der Waals surface area (Å²) in [5, 5.41) is 11.3. The fraction of sp³-hybridized carbons (Fsp3) is 0.474. The third-order valence-corrected chi connectivity index (χ3v) is 4.87. The van der Waals surface area contributed by atoms with Crippen molar-refractivity contribution >= 4 is 17.8 Å². The maximum absolute atomic E-state index is 12.5. The van der Waals surface area contributed by atoms with Gasteiger partial charge in [-0.1, -0.05) is 5.21 Å². The number of nitrogens with one attached hydrogen (secondary N) is 1. The van der Waals surface area contributed by atoms with Crippen LogP contribution in [0.2, 0.25) is 0 Å². The number of ether oxygens (including phenoxy) is 2. The second-order valence-corrected chi connectivity index (χ2v) is 7.09. The van der Waals surface area contributed by atoms with E-state index in [1.165, 1.54) is 24.2 Å². The Kier molecular flexibility index (Phi) is 6.78. The van der Waals surface area contributed by atoms with Crippen molar-refractivity contribution in [2.75, 3.05) is 25.1 Å². The summed E-state index contributed by atoms with van der Waals surface area (Å²) in [5.41, 5.74) is 4.85. The molecule has 0 spiro atoms. The normalized spacial score (nSPS) is 15.5. The van der Waals surface area contributed by atoms with Gasteiger partial charge < -0.3 is 9.64 Å². The number of hydrazone groups is 1. The lowest BCUT2D eigenvalue weighted by molar-refractivity contribution is -0.344. The molecule has 1 fully saturated rings. The summed E-state index contributed by atoms with van der Waals surface area (Å²) in [6, 6.07) is 3.61. The number of halogens is 3. The van der Waals surface area contributed by atoms with Crippen molar-refractivity contribution in [3.8, 4) is 5.75 Å². The molecule has 31 heavy (non-hydrogen) atoms. The van der Waals surface area contributed by atoms with Gasteiger partial charge in [0.2, 0.25) is 0 Å². The van der Waals surface area contributed by atoms with E-state index in [2.05, 4.69) is 25.6 Å². The van der Waals surface area contributed by atoms with Gasteiger partial charge in [-0.25, -0.2) is 5.43 Å². The van der Waals surface area contributed by atoms with Crippen LogP contribution in [0.1, 0.15) is 34.5 Å². The lowest BCUT2D eigenvalue weighted by Gasteiger charge is -2.35. The van der Waals surface area contributed by atoms with Crippen LogP contribution in [0, 0.1) is 6.92 Å². The number of alkyl halides is 3. The number of piperidine rings is 1. The van der Waals surface area contributed by atoms with E-state index >= 15 is 0 Å². The average molecular weight is 440 g/mol. The van der Waals surface area contributed by atoms with Gasteiger partial charge in [0.05, 0.1) is 25.6 Å². The third-order valence-electron chi connectivity index (χ3n) is 4.87. The Morgan fingerprint density at radius 2 is 2.03 bits per heavy atom. The molecule has 1 aromatic carbocycles. The second kappa shape index (κ2) is 9.33. The van der Waals surface area contributed by atoms with Crippen LogP contribution in [0.3, 0.4) is 0 Å². The van der Waals surface area contributed by atoms with Gasteiger partial charge in [0.1, 0.15) is 5.75 Å². The highest BCUT2D eigenvalue weighted by atomic mass is 19.4. The van der Waals surface area contributed by atoms with Crippen LogP contribution in [0.25, 0.3) is 0 Å². The van der Waals surface area contributed by atoms with Gasteiger partial charge in [0.25, 0.3) is 5.91 Å². The molecule has 1 N–H and O–H groups in total. The maximum atomic E-state index is 12.5. The summed E-state index contributed by atoms with van der Waals surface area (Å²) >= 11 is 0. The lowest BCUT2D eigenvalue weighted by atomic mass is 10.0. The maximum Gasteiger partial charge on any atom is 0.522 e. The smallest absolute Gasteiger partial charge is 0.496 e. The number of benzene rings is 1. The van der Waals surface area contributed by atoms with E-state index in [0.717, 1.165) is 11.3 Å². The Morgan fingerprint density at radius 3 is 2.61 bits per heavy atom. The minimum atomic E-state index is -4.63. The molecule has 0 bridgehead atoms. The van der Waals surface area contributed by atoms with Crippen molar-refractivity contribution in [2.24, 2.45) is 12.1 Å². The number of hydrogen-bond donors (Lipinski definition) is 1. The Balaban J connectivity index is 1.70. The zero-order valence-electron chi connectivity index (χ0n) is 17.3. The summed E-state index contributed by atoms with van der Waals surface area (Å²) in [6.07, 6.45) is -2.04. The van der Waals surface area contributed by atoms with Crippen molar-refractivity contribution in [2.45, 2.75) is 32.2 Å². The van der Waals surface area contributed by atoms with E-state index in [-0.39, 0.29) is 18.5 Å². The largest absolute Gasteiger partial charge is 0.522 e. The van der Waals surface area contributed by atoms with Crippen LogP contribution in [-0.4, -0.2) is 59.8 Å². The molecule has 168 valence electrons. The minimum absolute atomic E-state index is 0.130. The number of rotatable bonds is 6. The quantitative estimate of drug-likeness (QED) is 0.548. The number of anilines is 1. The molecule has 0 saturated carbocycles. The number of amides is 1. The van der Waals surface area contributed by atoms with E-state index in [0.29, 0.717) is 24.4 Å². The highest BCUT2D eigenvalue weighted by molar-refractivity contribution is 5.93. The molecule has 1 amide bonds. The van der Waals surface area contributed by atoms with Crippen LogP contribution in [-0.2, 0) is 11.8 Å². The lowest BCUT2D eigenvalue weighted by Crippen LogP contribution is -2.39. The van der Waals surface area contributed by atoms with E-state index in [4.69, 9.17) is 4.74 Å². The average Bonchev–Trinajstić information content (AvgIpc) is 3.15. The molecule has 0 aliphatic carbocycles. The van der Waals surface area contributed by atoms with Crippen molar-refractivity contribution in [1.29, 1.82) is 0 Å². The molecule has 1 aliphatic heterocycles. The molecule has 1 aromatic heterocycles. The molecule has 1 aliphatic rings. The van der Waals surface area contributed by atoms with Gasteiger partial charge in [0, 0.05) is 37.0 Å². The number of methoxy groups -OCH3 is 1. The molecule has 3 rings (SSSR count). The number of aryl methyl sites for hydroxylation is 1. The second-order valence-electron chi connectivity index (χ2n) is 7.09. The van der Waals surface area contributed by atoms with E-state index in [9.17, 15) is 18.0 Å². The van der Waals surface area contributed by atoms with Crippen LogP contribution < -0.4 is 15.1 Å². The first-order valence-electron chi connectivity index (χ1n) is 9.54. The fourth-order valence-corrected chi connectivity index (χ4v) is 3.39. The standard InChI is InChI=1S/C19H23F3N6O3/c1-12-16(28-6-4-14(5-7-28)31-19(20,21)22)8-13(9-17(12)30-3)10-23-25-18(29)15-11-27(2)26-24-15/h8-11,14H,4-7H2,1-3H3,(H,25,29)/b23-10+. The highest BCUT2D eigenvalue weighted by Gasteiger charge is 2.35. The monoisotopic (exact) mass is 440 g/mol. The summed E-state index contributed by atoms with van der Waals surface area (Å²) in [7, 11) is 3.18. The van der Waals surface area contributed by atoms with Crippen molar-refractivity contribution in [3.63, 3.8) is 0 Å². The summed E-state index contributed by atoms with van der Waals surface area (Å²) in [4.78, 5) is 14.0. The Bertz CT molecular complexity index is 952. The SMILES string of the molecule is COc1cc(/C=N/NC(=O)c2cn(C)nn2)cc(N2CCC(OC(F)(F)F)CC2)c1C. The highest BCUT2D eigenvalue weighted by Crippen LogP contribution is 2.33. The minimum Gasteiger partial charge on any atom is -0.496 e. The third kappa shape index (κ3) is 5.94. The van der Waals surface area contributed by atoms with Crippen LogP contribution in [0.4, 0.5) is 18.9 Å². The van der Waals surface area contributed by atoms with Gasteiger partial charge in [-0.15, -0.1) is 18.3 Å². The number of nitrogens with zero attached hydrogens (tertiary/aromatic N) is 5. The molecule has 2 aromatic rings. The first kappa shape index (κ1) is 22.5. The summed E-state index contributed by atoms with van der Waals surface area (Å²) in [5.74, 6) is 0.100. The van der Waals surface area contributed by atoms with E-state index in [1.54, 1.807) is 13.1 Å². The van der Waals surface area contributed by atoms with Gasteiger partial charge in [0.15, 0.2) is 5.69 Å². The molecule has 0 radical (unpaired) electrons. The Hall–Kier alpha value is -3.15. The first-order valence-corrected chi connectivity index (χ1v) is 9.54. The van der Waals surface area contributed by atoms with Gasteiger partial charge in [-0.2, -0.15) is 5.10 Å². The summed E-state index contributed by atoms with van der Waals surface area (Å²) in [6.45, 7) is 2.70. The van der Waals surface area contributed by atoms with Crippen molar-refractivity contribution in [3.05, 3.63) is 35.2 Å². The fourth-order valence-electron chi connectivity index (χ4n) is 3.39. The van der Waals surface area contributed by atoms with Crippen LogP contribution >= 0.6 is 0 Å². The molecule has 1 saturated heterocycles. The van der Waals surface area contributed by atoms with Gasteiger partial charge in [-0.05, 0) is 31.9 Å².